The van der Waals surface area contributed by atoms with Crippen molar-refractivity contribution in [2.75, 3.05) is 50.9 Å². The predicted molar refractivity (Wildman–Crippen MR) is 169 cm³/mol. The van der Waals surface area contributed by atoms with E-state index < -0.39 is 16.0 Å². The van der Waals surface area contributed by atoms with E-state index in [2.05, 4.69) is 22.6 Å². The number of piperidine rings is 1. The number of carbonyl (C=O) groups excluding carboxylic acids is 1. The van der Waals surface area contributed by atoms with E-state index >= 15 is 0 Å². The average molecular weight is 641 g/mol. The number of benzene rings is 3. The van der Waals surface area contributed by atoms with Crippen molar-refractivity contribution in [3.8, 4) is 11.5 Å². The van der Waals surface area contributed by atoms with Crippen molar-refractivity contribution in [3.05, 3.63) is 89.5 Å². The number of nitrogens with zero attached hydrogens (tertiary/aromatic N) is 1. The van der Waals surface area contributed by atoms with Crippen molar-refractivity contribution in [1.29, 1.82) is 0 Å². The number of fused-ring (bicyclic) bond motifs is 1. The van der Waals surface area contributed by atoms with Crippen LogP contribution in [0.4, 0.5) is 5.69 Å². The van der Waals surface area contributed by atoms with E-state index in [-0.39, 0.29) is 24.6 Å². The summed E-state index contributed by atoms with van der Waals surface area (Å²) in [7, 11) is -1.92. The Labute approximate surface area is 263 Å². The highest BCUT2D eigenvalue weighted by Gasteiger charge is 2.67. The lowest BCUT2D eigenvalue weighted by molar-refractivity contribution is -0.139. The first-order chi connectivity index (χ1) is 21.5. The van der Waals surface area contributed by atoms with E-state index in [9.17, 15) is 18.0 Å². The summed E-state index contributed by atoms with van der Waals surface area (Å²) >= 11 is 0. The van der Waals surface area contributed by atoms with Crippen molar-refractivity contribution >= 4 is 27.6 Å². The van der Waals surface area contributed by atoms with Crippen LogP contribution < -0.4 is 14.2 Å². The van der Waals surface area contributed by atoms with E-state index in [1.54, 1.807) is 54.6 Å². The van der Waals surface area contributed by atoms with Gasteiger partial charge in [-0.25, -0.2) is 18.0 Å². The summed E-state index contributed by atoms with van der Waals surface area (Å²) in [4.78, 5) is 24.1. The molecule has 1 aliphatic carbocycles. The number of esters is 1. The van der Waals surface area contributed by atoms with E-state index in [1.165, 1.54) is 18.9 Å². The molecule has 3 aromatic carbocycles. The van der Waals surface area contributed by atoms with Crippen LogP contribution in [0, 0.1) is 11.8 Å². The minimum absolute atomic E-state index is 0.0286. The molecule has 2 atom stereocenters. The Morgan fingerprint density at radius 1 is 0.978 bits per heavy atom. The third-order valence-electron chi connectivity index (χ3n) is 8.32. The Bertz CT molecular complexity index is 1550. The first-order valence-corrected chi connectivity index (χ1v) is 16.5. The van der Waals surface area contributed by atoms with Crippen molar-refractivity contribution < 1.29 is 42.4 Å². The lowest BCUT2D eigenvalue weighted by Crippen LogP contribution is -2.33. The molecular formula is C33H40N2O9S. The number of sulfonamides is 1. The summed E-state index contributed by atoms with van der Waals surface area (Å²) in [6, 6.07) is 21.4. The number of carbonyl (C=O) groups is 2. The van der Waals surface area contributed by atoms with Gasteiger partial charge in [0, 0.05) is 30.7 Å². The van der Waals surface area contributed by atoms with Crippen LogP contribution >= 0.6 is 0 Å². The van der Waals surface area contributed by atoms with Gasteiger partial charge >= 0.3 is 11.9 Å². The first kappa shape index (κ1) is 33.8. The molecule has 3 aromatic rings. The summed E-state index contributed by atoms with van der Waals surface area (Å²) in [6.07, 6.45) is 2.22. The molecule has 12 heteroatoms. The summed E-state index contributed by atoms with van der Waals surface area (Å²) in [5, 5.41) is 17.0. The normalized spacial score (nSPS) is 20.3. The second-order valence-electron chi connectivity index (χ2n) is 11.2. The number of anilines is 1. The Balaban J connectivity index is 0.000000297. The van der Waals surface area contributed by atoms with Crippen molar-refractivity contribution in [3.63, 3.8) is 0 Å². The zero-order valence-electron chi connectivity index (χ0n) is 25.6. The summed E-state index contributed by atoms with van der Waals surface area (Å²) < 4.78 is 41.2. The van der Waals surface area contributed by atoms with Crippen LogP contribution in [0.3, 0.4) is 0 Å². The number of nitrogens with one attached hydrogen (secondary N) is 1. The summed E-state index contributed by atoms with van der Waals surface area (Å²) in [5.74, 6) is 1.02. The van der Waals surface area contributed by atoms with Crippen molar-refractivity contribution in [2.45, 2.75) is 25.4 Å². The standard InChI is InChI=1S/C24H30N2O5S.C9H10O4/c1-4-24(18-6-5-7-19(14-18)25-32(3,28)29)21-15-26(16-22(21)24)12-13-31-20-10-8-17(9-11-20)23(27)30-2;10-5-7-1-3-8(4-2-7)13-6-9(11)12/h5-11,14,21-22,25H,4,12-13,15-16H2,1-3H3;1-4,10H,5-6H2,(H,11,12). The second kappa shape index (κ2) is 14.8. The van der Waals surface area contributed by atoms with Crippen molar-refractivity contribution in [1.82, 2.24) is 4.90 Å². The average Bonchev–Trinajstić information content (AvgIpc) is 3.41. The number of likely N-dealkylation sites (tertiary alicyclic amines) is 1. The number of carboxylic acid groups (broad SMARTS) is 1. The van der Waals surface area contributed by atoms with Gasteiger partial charge in [-0.2, -0.15) is 0 Å². The number of methoxy groups -OCH3 is 1. The number of hydrogen-bond donors (Lipinski definition) is 3. The molecule has 0 amide bonds. The fraction of sp³-hybridized carbons (Fsp3) is 0.394. The molecule has 2 aliphatic rings. The number of ether oxygens (including phenoxy) is 3. The molecule has 11 nitrogen and oxygen atoms in total. The number of aliphatic hydroxyl groups is 1. The topological polar surface area (TPSA) is 152 Å². The van der Waals surface area contributed by atoms with Gasteiger partial charge in [0.1, 0.15) is 18.1 Å². The highest BCUT2D eigenvalue weighted by atomic mass is 32.2. The highest BCUT2D eigenvalue weighted by molar-refractivity contribution is 7.92. The molecular weight excluding hydrogens is 600 g/mol. The molecule has 2 unspecified atom stereocenters. The lowest BCUT2D eigenvalue weighted by Gasteiger charge is -2.26. The molecule has 1 saturated heterocycles. The Morgan fingerprint density at radius 2 is 1.60 bits per heavy atom. The van der Waals surface area contributed by atoms with Gasteiger partial charge in [-0.15, -0.1) is 0 Å². The zero-order chi connectivity index (χ0) is 32.6. The Morgan fingerprint density at radius 3 is 2.16 bits per heavy atom. The van der Waals surface area contributed by atoms with Crippen LogP contribution in [-0.4, -0.2) is 81.7 Å². The smallest absolute Gasteiger partial charge is 0.341 e. The SMILES string of the molecule is CCC1(c2cccc(NS(C)(=O)=O)c2)C2CN(CCOc3ccc(C(=O)OC)cc3)CC21.O=C(O)COc1ccc(CO)cc1. The molecule has 5 rings (SSSR count). The van der Waals surface area contributed by atoms with Crippen LogP contribution in [0.2, 0.25) is 0 Å². The molecule has 3 N–H and O–H groups in total. The molecule has 45 heavy (non-hydrogen) atoms. The third kappa shape index (κ3) is 8.74. The van der Waals surface area contributed by atoms with Gasteiger partial charge in [-0.1, -0.05) is 31.2 Å². The molecule has 242 valence electrons. The molecule has 1 heterocycles. The second-order valence-corrected chi connectivity index (χ2v) is 12.9. The third-order valence-corrected chi connectivity index (χ3v) is 8.92. The number of hydrogen-bond acceptors (Lipinski definition) is 9. The van der Waals surface area contributed by atoms with Gasteiger partial charge in [0.2, 0.25) is 10.0 Å². The summed E-state index contributed by atoms with van der Waals surface area (Å²) in [6.45, 7) is 5.32. The van der Waals surface area contributed by atoms with Gasteiger partial charge in [-0.05, 0) is 77.9 Å². The fourth-order valence-corrected chi connectivity index (χ4v) is 6.73. The number of carboxylic acids is 1. The van der Waals surface area contributed by atoms with Gasteiger partial charge in [-0.3, -0.25) is 9.62 Å². The van der Waals surface area contributed by atoms with E-state index in [0.717, 1.165) is 37.4 Å². The summed E-state index contributed by atoms with van der Waals surface area (Å²) in [5.41, 5.74) is 3.27. The quantitative estimate of drug-likeness (QED) is 0.236. The maximum Gasteiger partial charge on any atom is 0.341 e. The minimum Gasteiger partial charge on any atom is -0.492 e. The van der Waals surface area contributed by atoms with Crippen LogP contribution in [0.1, 0.15) is 34.8 Å². The maximum atomic E-state index is 11.6. The molecule has 1 aliphatic heterocycles. The van der Waals surface area contributed by atoms with Crippen LogP contribution in [0.5, 0.6) is 11.5 Å². The number of rotatable bonds is 13. The minimum atomic E-state index is -3.29. The number of aliphatic hydroxyl groups excluding tert-OH is 1. The lowest BCUT2D eigenvalue weighted by atomic mass is 9.87. The molecule has 0 radical (unpaired) electrons. The van der Waals surface area contributed by atoms with E-state index in [0.29, 0.717) is 35.4 Å². The molecule has 0 aromatic heterocycles. The first-order valence-electron chi connectivity index (χ1n) is 14.6. The molecule has 0 spiro atoms. The predicted octanol–water partition coefficient (Wildman–Crippen LogP) is 3.78. The van der Waals surface area contributed by atoms with Gasteiger partial charge in [0.15, 0.2) is 6.61 Å². The van der Waals surface area contributed by atoms with Gasteiger partial charge < -0.3 is 24.4 Å². The maximum absolute atomic E-state index is 11.6. The zero-order valence-corrected chi connectivity index (χ0v) is 26.5. The van der Waals surface area contributed by atoms with Crippen LogP contribution in [0.15, 0.2) is 72.8 Å². The van der Waals surface area contributed by atoms with Crippen LogP contribution in [-0.2, 0) is 31.6 Å². The fourth-order valence-electron chi connectivity index (χ4n) is 6.18. The monoisotopic (exact) mass is 640 g/mol. The van der Waals surface area contributed by atoms with Gasteiger partial charge in [0.25, 0.3) is 0 Å². The van der Waals surface area contributed by atoms with Crippen LogP contribution in [0.25, 0.3) is 0 Å². The highest BCUT2D eigenvalue weighted by Crippen LogP contribution is 2.65. The van der Waals surface area contributed by atoms with Crippen molar-refractivity contribution in [2.24, 2.45) is 11.8 Å². The van der Waals surface area contributed by atoms with Gasteiger partial charge in [0.05, 0.1) is 25.5 Å². The molecule has 0 bridgehead atoms. The Kier molecular flexibility index (Phi) is 11.1. The van der Waals surface area contributed by atoms with E-state index in [4.69, 9.17) is 24.4 Å². The largest absolute Gasteiger partial charge is 0.492 e. The number of aliphatic carboxylic acids is 1. The molecule has 1 saturated carbocycles. The van der Waals surface area contributed by atoms with E-state index in [1.807, 2.05) is 12.1 Å². The Hall–Kier alpha value is -4.13. The molecule has 2 fully saturated rings.